The number of esters is 2. The van der Waals surface area contributed by atoms with Crippen LogP contribution in [0.3, 0.4) is 0 Å². The minimum atomic E-state index is -0.773. The van der Waals surface area contributed by atoms with Crippen LogP contribution in [0.1, 0.15) is 32.3 Å². The molecular formula is C17H20N2O4. The van der Waals surface area contributed by atoms with Gasteiger partial charge in [-0.3, -0.25) is 0 Å². The van der Waals surface area contributed by atoms with E-state index in [4.69, 9.17) is 15.0 Å². The predicted molar refractivity (Wildman–Crippen MR) is 84.5 cm³/mol. The van der Waals surface area contributed by atoms with Gasteiger partial charge in [-0.2, -0.15) is 4.79 Å². The van der Waals surface area contributed by atoms with E-state index < -0.39 is 11.9 Å². The number of hydrogen-bond donors (Lipinski definition) is 0. The van der Waals surface area contributed by atoms with Crippen LogP contribution in [0.15, 0.2) is 42.0 Å². The van der Waals surface area contributed by atoms with Crippen LogP contribution in [0.2, 0.25) is 0 Å². The summed E-state index contributed by atoms with van der Waals surface area (Å²) in [5.74, 6) is -1.38. The molecular weight excluding hydrogens is 296 g/mol. The van der Waals surface area contributed by atoms with E-state index in [2.05, 4.69) is 4.79 Å². The molecule has 1 rings (SSSR count). The average Bonchev–Trinajstić information content (AvgIpc) is 2.55. The molecule has 0 amide bonds. The molecule has 1 aromatic rings. The molecule has 6 nitrogen and oxygen atoms in total. The Balaban J connectivity index is 2.82. The first-order valence-corrected chi connectivity index (χ1v) is 7.43. The van der Waals surface area contributed by atoms with Crippen molar-refractivity contribution in [3.63, 3.8) is 0 Å². The fraction of sp³-hybridized carbons (Fsp3) is 0.353. The van der Waals surface area contributed by atoms with Crippen LogP contribution < -0.4 is 0 Å². The Hall–Kier alpha value is -2.72. The highest BCUT2D eigenvalue weighted by Gasteiger charge is 2.27. The second kappa shape index (κ2) is 10.1. The van der Waals surface area contributed by atoms with Crippen molar-refractivity contribution in [2.45, 2.75) is 33.3 Å². The molecule has 0 aliphatic carbocycles. The number of carbonyl (C=O) groups is 2. The van der Waals surface area contributed by atoms with Gasteiger partial charge >= 0.3 is 17.7 Å². The van der Waals surface area contributed by atoms with Gasteiger partial charge in [-0.1, -0.05) is 43.7 Å². The van der Waals surface area contributed by atoms with E-state index in [0.717, 1.165) is 5.56 Å². The van der Waals surface area contributed by atoms with Crippen molar-refractivity contribution in [3.8, 4) is 0 Å². The highest BCUT2D eigenvalue weighted by Crippen LogP contribution is 2.09. The molecule has 0 radical (unpaired) electrons. The van der Waals surface area contributed by atoms with Crippen molar-refractivity contribution in [2.24, 2.45) is 0 Å². The summed E-state index contributed by atoms with van der Waals surface area (Å²) in [6, 6.07) is 9.23. The molecule has 0 saturated carbocycles. The fourth-order valence-electron chi connectivity index (χ4n) is 1.88. The first kappa shape index (κ1) is 18.3. The van der Waals surface area contributed by atoms with Crippen LogP contribution >= 0.6 is 0 Å². The Morgan fingerprint density at radius 3 is 2.43 bits per heavy atom. The molecule has 0 aliphatic heterocycles. The van der Waals surface area contributed by atoms with E-state index in [-0.39, 0.29) is 24.5 Å². The molecule has 0 saturated heterocycles. The third-order valence-electron chi connectivity index (χ3n) is 2.91. The van der Waals surface area contributed by atoms with Gasteiger partial charge in [-0.05, 0) is 18.9 Å². The highest BCUT2D eigenvalue weighted by atomic mass is 16.5. The molecule has 0 N–H and O–H groups in total. The molecule has 6 heteroatoms. The Labute approximate surface area is 135 Å². The maximum Gasteiger partial charge on any atom is 0.421 e. The van der Waals surface area contributed by atoms with Gasteiger partial charge in [0.25, 0.3) is 0 Å². The van der Waals surface area contributed by atoms with Crippen molar-refractivity contribution in [3.05, 3.63) is 53.1 Å². The summed E-state index contributed by atoms with van der Waals surface area (Å²) in [5, 5.41) is 0. The minimum Gasteiger partial charge on any atom is -0.458 e. The molecule has 23 heavy (non-hydrogen) atoms. The lowest BCUT2D eigenvalue weighted by Gasteiger charge is -2.04. The molecule has 0 spiro atoms. The van der Waals surface area contributed by atoms with Gasteiger partial charge in [0.1, 0.15) is 6.61 Å². The van der Waals surface area contributed by atoms with Crippen LogP contribution in [0.25, 0.3) is 5.53 Å². The standard InChI is InChI=1S/C17H20N2O4/c1-3-8-14(16(19-18)17(21)22-4-2)11-15(20)23-12-13-9-6-5-7-10-13/h5-7,9-11H,3-4,8,12H2,1-2H3/b14-11-. The number of nitrogens with zero attached hydrogens (tertiary/aromatic N) is 2. The summed E-state index contributed by atoms with van der Waals surface area (Å²) in [5.41, 5.74) is 9.90. The molecule has 1 aromatic carbocycles. The lowest BCUT2D eigenvalue weighted by Crippen LogP contribution is -2.22. The molecule has 0 unspecified atom stereocenters. The van der Waals surface area contributed by atoms with Crippen molar-refractivity contribution >= 4 is 17.7 Å². The highest BCUT2D eigenvalue weighted by molar-refractivity contribution is 6.41. The first-order valence-electron chi connectivity index (χ1n) is 7.43. The van der Waals surface area contributed by atoms with E-state index in [0.29, 0.717) is 12.8 Å². The van der Waals surface area contributed by atoms with Crippen LogP contribution in [-0.2, 0) is 25.7 Å². The Kier molecular flexibility index (Phi) is 8.03. The van der Waals surface area contributed by atoms with E-state index in [9.17, 15) is 9.59 Å². The zero-order valence-corrected chi connectivity index (χ0v) is 13.3. The Morgan fingerprint density at radius 2 is 1.87 bits per heavy atom. The van der Waals surface area contributed by atoms with Gasteiger partial charge in [0.2, 0.25) is 0 Å². The van der Waals surface area contributed by atoms with Crippen molar-refractivity contribution in [1.29, 1.82) is 0 Å². The summed E-state index contributed by atoms with van der Waals surface area (Å²) in [6.07, 6.45) is 2.22. The normalized spacial score (nSPS) is 10.6. The minimum absolute atomic E-state index is 0.126. The van der Waals surface area contributed by atoms with E-state index in [1.165, 1.54) is 6.08 Å². The number of hydrogen-bond acceptors (Lipinski definition) is 4. The van der Waals surface area contributed by atoms with Gasteiger partial charge in [-0.15, -0.1) is 0 Å². The molecule has 0 aromatic heterocycles. The van der Waals surface area contributed by atoms with Crippen LogP contribution in [-0.4, -0.2) is 29.0 Å². The number of rotatable bonds is 8. The summed E-state index contributed by atoms with van der Waals surface area (Å²) in [7, 11) is 0. The summed E-state index contributed by atoms with van der Waals surface area (Å²) >= 11 is 0. The molecule has 0 bridgehead atoms. The first-order chi connectivity index (χ1) is 11.1. The zero-order valence-electron chi connectivity index (χ0n) is 13.3. The number of benzene rings is 1. The summed E-state index contributed by atoms with van der Waals surface area (Å²) in [4.78, 5) is 26.6. The maximum absolute atomic E-state index is 11.9. The van der Waals surface area contributed by atoms with E-state index in [1.54, 1.807) is 6.92 Å². The summed E-state index contributed by atoms with van der Waals surface area (Å²) < 4.78 is 9.95. The topological polar surface area (TPSA) is 89.0 Å². The second-order valence-electron chi connectivity index (χ2n) is 4.68. The van der Waals surface area contributed by atoms with Crippen LogP contribution in [0.4, 0.5) is 0 Å². The van der Waals surface area contributed by atoms with E-state index in [1.807, 2.05) is 37.3 Å². The Bertz CT molecular complexity index is 617. The molecule has 0 heterocycles. The third-order valence-corrected chi connectivity index (χ3v) is 2.91. The number of carbonyl (C=O) groups excluding carboxylic acids is 2. The molecule has 0 fully saturated rings. The lowest BCUT2D eigenvalue weighted by atomic mass is 10.1. The monoisotopic (exact) mass is 316 g/mol. The predicted octanol–water partition coefficient (Wildman–Crippen LogP) is 2.69. The molecule has 0 aliphatic rings. The largest absolute Gasteiger partial charge is 0.458 e. The van der Waals surface area contributed by atoms with Gasteiger partial charge in [0.05, 0.1) is 12.2 Å². The smallest absolute Gasteiger partial charge is 0.421 e. The molecule has 0 atom stereocenters. The quantitative estimate of drug-likeness (QED) is 0.242. The Morgan fingerprint density at radius 1 is 1.17 bits per heavy atom. The fourth-order valence-corrected chi connectivity index (χ4v) is 1.88. The summed E-state index contributed by atoms with van der Waals surface area (Å²) in [6.45, 7) is 3.80. The number of ether oxygens (including phenoxy) is 2. The van der Waals surface area contributed by atoms with Gasteiger partial charge in [-0.25, -0.2) is 9.59 Å². The van der Waals surface area contributed by atoms with Crippen LogP contribution in [0.5, 0.6) is 0 Å². The van der Waals surface area contributed by atoms with Crippen molar-refractivity contribution in [1.82, 2.24) is 0 Å². The SMILES string of the molecule is CCC/C(=C/C(=O)OCc1ccccc1)C(=[N+]=[N-])C(=O)OCC. The van der Waals surface area contributed by atoms with Crippen LogP contribution in [0, 0.1) is 0 Å². The third kappa shape index (κ3) is 6.28. The molecule has 122 valence electrons. The second-order valence-corrected chi connectivity index (χ2v) is 4.68. The maximum atomic E-state index is 11.9. The van der Waals surface area contributed by atoms with Crippen molar-refractivity contribution < 1.29 is 23.9 Å². The van der Waals surface area contributed by atoms with Gasteiger partial charge in [0.15, 0.2) is 0 Å². The average molecular weight is 316 g/mol. The van der Waals surface area contributed by atoms with Gasteiger partial charge < -0.3 is 15.0 Å². The van der Waals surface area contributed by atoms with Crippen molar-refractivity contribution in [2.75, 3.05) is 6.61 Å². The van der Waals surface area contributed by atoms with E-state index >= 15 is 0 Å². The zero-order chi connectivity index (χ0) is 17.1. The lowest BCUT2D eigenvalue weighted by molar-refractivity contribution is -0.139. The van der Waals surface area contributed by atoms with Gasteiger partial charge in [0, 0.05) is 6.08 Å².